The predicted octanol–water partition coefficient (Wildman–Crippen LogP) is 3.94. The van der Waals surface area contributed by atoms with E-state index in [1.54, 1.807) is 0 Å². The summed E-state index contributed by atoms with van der Waals surface area (Å²) in [5, 5.41) is 9.05. The number of aliphatic carboxylic acids is 1. The largest absolute Gasteiger partial charge is 0.494 e. The Morgan fingerprint density at radius 2 is 2.04 bits per heavy atom. The smallest absolute Gasteiger partial charge is 0.306 e. The summed E-state index contributed by atoms with van der Waals surface area (Å²) in [5.74, 6) is 0.131. The van der Waals surface area contributed by atoms with Gasteiger partial charge in [-0.25, -0.2) is 0 Å². The van der Waals surface area contributed by atoms with Gasteiger partial charge in [-0.05, 0) is 50.0 Å². The van der Waals surface area contributed by atoms with Gasteiger partial charge in [0.2, 0.25) is 0 Å². The third kappa shape index (κ3) is 6.22. The van der Waals surface area contributed by atoms with Crippen LogP contribution in [0.1, 0.15) is 51.0 Å². The standard InChI is InChI=1S/C19H29NO3/c1-2-3-4-5-13-23-18-8-6-7-16(14-18)15-20-11-9-17(10-12-20)19(21)22/h6-8,14,17H,2-5,9-13,15H2,1H3,(H,21,22). The number of hydrogen-bond donors (Lipinski definition) is 1. The Bertz CT molecular complexity index is 481. The van der Waals surface area contributed by atoms with E-state index in [1.807, 2.05) is 12.1 Å². The summed E-state index contributed by atoms with van der Waals surface area (Å²) in [6, 6.07) is 8.29. The maximum absolute atomic E-state index is 11.0. The second kappa shape index (κ2) is 9.56. The minimum Gasteiger partial charge on any atom is -0.494 e. The van der Waals surface area contributed by atoms with E-state index in [4.69, 9.17) is 9.84 Å². The monoisotopic (exact) mass is 319 g/mol. The predicted molar refractivity (Wildman–Crippen MR) is 91.7 cm³/mol. The fourth-order valence-electron chi connectivity index (χ4n) is 3.05. The van der Waals surface area contributed by atoms with E-state index >= 15 is 0 Å². The zero-order chi connectivity index (χ0) is 16.5. The Labute approximate surface area is 139 Å². The number of hydrogen-bond acceptors (Lipinski definition) is 3. The molecule has 23 heavy (non-hydrogen) atoms. The van der Waals surface area contributed by atoms with Crippen molar-refractivity contribution in [3.63, 3.8) is 0 Å². The molecular weight excluding hydrogens is 290 g/mol. The van der Waals surface area contributed by atoms with Crippen molar-refractivity contribution in [2.45, 2.75) is 52.0 Å². The lowest BCUT2D eigenvalue weighted by atomic mass is 9.97. The zero-order valence-corrected chi connectivity index (χ0v) is 14.2. The van der Waals surface area contributed by atoms with Crippen molar-refractivity contribution in [3.8, 4) is 5.75 Å². The van der Waals surface area contributed by atoms with Gasteiger partial charge in [-0.3, -0.25) is 9.69 Å². The normalized spacial score (nSPS) is 16.4. The minimum absolute atomic E-state index is 0.163. The van der Waals surface area contributed by atoms with Crippen molar-refractivity contribution in [1.82, 2.24) is 4.90 Å². The number of ether oxygens (including phenoxy) is 1. The first-order chi connectivity index (χ1) is 11.2. The average molecular weight is 319 g/mol. The van der Waals surface area contributed by atoms with E-state index in [0.717, 1.165) is 51.3 Å². The van der Waals surface area contributed by atoms with Gasteiger partial charge in [0.05, 0.1) is 12.5 Å². The number of piperidine rings is 1. The van der Waals surface area contributed by atoms with E-state index < -0.39 is 5.97 Å². The van der Waals surface area contributed by atoms with Gasteiger partial charge in [-0.2, -0.15) is 0 Å². The summed E-state index contributed by atoms with van der Waals surface area (Å²) >= 11 is 0. The molecule has 0 spiro atoms. The zero-order valence-electron chi connectivity index (χ0n) is 14.2. The molecule has 1 N–H and O–H groups in total. The fraction of sp³-hybridized carbons (Fsp3) is 0.632. The van der Waals surface area contributed by atoms with E-state index in [1.165, 1.54) is 24.8 Å². The third-order valence-corrected chi connectivity index (χ3v) is 4.51. The van der Waals surface area contributed by atoms with Crippen LogP contribution in [-0.2, 0) is 11.3 Å². The van der Waals surface area contributed by atoms with Crippen LogP contribution in [-0.4, -0.2) is 35.7 Å². The molecule has 128 valence electrons. The van der Waals surface area contributed by atoms with Crippen LogP contribution in [0.25, 0.3) is 0 Å². The molecule has 2 rings (SSSR count). The molecule has 0 saturated carbocycles. The highest BCUT2D eigenvalue weighted by Crippen LogP contribution is 2.21. The van der Waals surface area contributed by atoms with Crippen LogP contribution in [0.3, 0.4) is 0 Å². The lowest BCUT2D eigenvalue weighted by Gasteiger charge is -2.30. The Kier molecular flexibility index (Phi) is 7.40. The van der Waals surface area contributed by atoms with Gasteiger partial charge in [0.25, 0.3) is 0 Å². The summed E-state index contributed by atoms with van der Waals surface area (Å²) in [6.45, 7) is 5.59. The molecule has 1 heterocycles. The van der Waals surface area contributed by atoms with E-state index in [0.29, 0.717) is 0 Å². The molecule has 1 saturated heterocycles. The number of nitrogens with zero attached hydrogens (tertiary/aromatic N) is 1. The highest BCUT2D eigenvalue weighted by molar-refractivity contribution is 5.70. The van der Waals surface area contributed by atoms with Gasteiger partial charge in [-0.15, -0.1) is 0 Å². The SMILES string of the molecule is CCCCCCOc1cccc(CN2CCC(C(=O)O)CC2)c1. The number of benzene rings is 1. The highest BCUT2D eigenvalue weighted by atomic mass is 16.5. The van der Waals surface area contributed by atoms with Crippen LogP contribution in [0, 0.1) is 5.92 Å². The first-order valence-electron chi connectivity index (χ1n) is 8.86. The molecule has 1 aromatic carbocycles. The molecule has 4 heteroatoms. The van der Waals surface area contributed by atoms with Gasteiger partial charge < -0.3 is 9.84 Å². The quantitative estimate of drug-likeness (QED) is 0.700. The van der Waals surface area contributed by atoms with Crippen molar-refractivity contribution >= 4 is 5.97 Å². The van der Waals surface area contributed by atoms with Crippen LogP contribution >= 0.6 is 0 Å². The van der Waals surface area contributed by atoms with Gasteiger partial charge in [0.1, 0.15) is 5.75 Å². The summed E-state index contributed by atoms with van der Waals surface area (Å²) in [7, 11) is 0. The van der Waals surface area contributed by atoms with Crippen LogP contribution in [0.2, 0.25) is 0 Å². The van der Waals surface area contributed by atoms with Crippen molar-refractivity contribution in [1.29, 1.82) is 0 Å². The Balaban J connectivity index is 1.75. The second-order valence-electron chi connectivity index (χ2n) is 6.45. The molecule has 1 aromatic rings. The maximum Gasteiger partial charge on any atom is 0.306 e. The molecule has 0 aromatic heterocycles. The first-order valence-corrected chi connectivity index (χ1v) is 8.86. The summed E-state index contributed by atoms with van der Waals surface area (Å²) in [4.78, 5) is 13.3. The van der Waals surface area contributed by atoms with Gasteiger partial charge in [0.15, 0.2) is 0 Å². The molecule has 1 aliphatic rings. The van der Waals surface area contributed by atoms with E-state index in [9.17, 15) is 4.79 Å². The minimum atomic E-state index is -0.650. The Morgan fingerprint density at radius 3 is 2.74 bits per heavy atom. The van der Waals surface area contributed by atoms with Crippen LogP contribution in [0.4, 0.5) is 0 Å². The molecular formula is C19H29NO3. The number of carbonyl (C=O) groups is 1. The highest BCUT2D eigenvalue weighted by Gasteiger charge is 2.24. The average Bonchev–Trinajstić information content (AvgIpc) is 2.55. The topological polar surface area (TPSA) is 49.8 Å². The molecule has 0 bridgehead atoms. The van der Waals surface area contributed by atoms with Crippen molar-refractivity contribution in [2.24, 2.45) is 5.92 Å². The lowest BCUT2D eigenvalue weighted by molar-refractivity contribution is -0.143. The number of likely N-dealkylation sites (tertiary alicyclic amines) is 1. The second-order valence-corrected chi connectivity index (χ2v) is 6.45. The van der Waals surface area contributed by atoms with Gasteiger partial charge >= 0.3 is 5.97 Å². The third-order valence-electron chi connectivity index (χ3n) is 4.51. The van der Waals surface area contributed by atoms with Gasteiger partial charge in [0, 0.05) is 6.54 Å². The molecule has 1 fully saturated rings. The summed E-state index contributed by atoms with van der Waals surface area (Å²) < 4.78 is 5.83. The van der Waals surface area contributed by atoms with Gasteiger partial charge in [-0.1, -0.05) is 38.3 Å². The van der Waals surface area contributed by atoms with Crippen molar-refractivity contribution in [2.75, 3.05) is 19.7 Å². The van der Waals surface area contributed by atoms with Crippen molar-refractivity contribution < 1.29 is 14.6 Å². The van der Waals surface area contributed by atoms with Crippen LogP contribution in [0.5, 0.6) is 5.75 Å². The molecule has 0 radical (unpaired) electrons. The fourth-order valence-corrected chi connectivity index (χ4v) is 3.05. The van der Waals surface area contributed by atoms with E-state index in [2.05, 4.69) is 24.0 Å². The Morgan fingerprint density at radius 1 is 1.26 bits per heavy atom. The summed E-state index contributed by atoms with van der Waals surface area (Å²) in [6.07, 6.45) is 6.37. The maximum atomic E-state index is 11.0. The molecule has 0 atom stereocenters. The first kappa shape index (κ1) is 17.8. The van der Waals surface area contributed by atoms with Crippen LogP contribution < -0.4 is 4.74 Å². The van der Waals surface area contributed by atoms with Crippen molar-refractivity contribution in [3.05, 3.63) is 29.8 Å². The Hall–Kier alpha value is -1.55. The number of carboxylic acids is 1. The number of unbranched alkanes of at least 4 members (excludes halogenated alkanes) is 3. The molecule has 0 aliphatic carbocycles. The molecule has 4 nitrogen and oxygen atoms in total. The molecule has 0 amide bonds. The summed E-state index contributed by atoms with van der Waals surface area (Å²) in [5.41, 5.74) is 1.24. The molecule has 0 unspecified atom stereocenters. The number of rotatable bonds is 9. The van der Waals surface area contributed by atoms with Crippen LogP contribution in [0.15, 0.2) is 24.3 Å². The van der Waals surface area contributed by atoms with E-state index in [-0.39, 0.29) is 5.92 Å². The molecule has 1 aliphatic heterocycles. The number of carboxylic acid groups (broad SMARTS) is 1. The lowest BCUT2D eigenvalue weighted by Crippen LogP contribution is -2.35.